The molecule has 3 aliphatic heterocycles. The van der Waals surface area contributed by atoms with Crippen LogP contribution in [0.3, 0.4) is 0 Å². The van der Waals surface area contributed by atoms with E-state index < -0.39 is 0 Å². The number of carbonyl (C=O) groups is 2. The van der Waals surface area contributed by atoms with E-state index in [9.17, 15) is 9.59 Å². The smallest absolute Gasteiger partial charge is 0.227 e. The number of piperidine rings is 1. The molecule has 0 spiro atoms. The van der Waals surface area contributed by atoms with Crippen molar-refractivity contribution in [1.29, 1.82) is 0 Å². The van der Waals surface area contributed by atoms with Gasteiger partial charge in [-0.05, 0) is 68.3 Å². The molecule has 2 unspecified atom stereocenters. The second-order valence-electron chi connectivity index (χ2n) is 9.76. The van der Waals surface area contributed by atoms with Crippen LogP contribution in [0.1, 0.15) is 50.5 Å². The van der Waals surface area contributed by atoms with Gasteiger partial charge in [0.05, 0.1) is 12.3 Å². The van der Waals surface area contributed by atoms with E-state index in [1.165, 1.54) is 32.1 Å². The van der Waals surface area contributed by atoms with Crippen LogP contribution in [0.25, 0.3) is 0 Å². The third-order valence-electron chi connectivity index (χ3n) is 7.71. The predicted octanol–water partition coefficient (Wildman–Crippen LogP) is 3.50. The van der Waals surface area contributed by atoms with Crippen LogP contribution >= 0.6 is 0 Å². The summed E-state index contributed by atoms with van der Waals surface area (Å²) in [4.78, 5) is 30.5. The van der Waals surface area contributed by atoms with Gasteiger partial charge in [-0.2, -0.15) is 0 Å². The number of likely N-dealkylation sites (tertiary alicyclic amines) is 1. The number of amides is 2. The first-order valence-corrected chi connectivity index (χ1v) is 11.3. The molecule has 4 heteroatoms. The summed E-state index contributed by atoms with van der Waals surface area (Å²) in [6.45, 7) is 2.39. The van der Waals surface area contributed by atoms with Crippen molar-refractivity contribution in [2.24, 2.45) is 23.7 Å². The highest BCUT2D eigenvalue weighted by atomic mass is 16.2. The molecule has 150 valence electrons. The van der Waals surface area contributed by atoms with E-state index in [2.05, 4.69) is 4.90 Å². The van der Waals surface area contributed by atoms with E-state index in [1.54, 1.807) is 0 Å². The van der Waals surface area contributed by atoms with Crippen LogP contribution in [0.4, 0.5) is 0 Å². The van der Waals surface area contributed by atoms with E-state index in [0.29, 0.717) is 24.9 Å². The van der Waals surface area contributed by atoms with E-state index in [4.69, 9.17) is 0 Å². The van der Waals surface area contributed by atoms with Gasteiger partial charge in [0.2, 0.25) is 11.8 Å². The zero-order valence-electron chi connectivity index (χ0n) is 16.8. The van der Waals surface area contributed by atoms with E-state index in [-0.39, 0.29) is 11.8 Å². The summed E-state index contributed by atoms with van der Waals surface area (Å²) in [5, 5.41) is 0. The molecule has 5 aliphatic rings. The van der Waals surface area contributed by atoms with Gasteiger partial charge in [0, 0.05) is 25.7 Å². The fourth-order valence-electron chi connectivity index (χ4n) is 6.58. The van der Waals surface area contributed by atoms with Crippen molar-refractivity contribution in [1.82, 2.24) is 9.80 Å². The zero-order valence-corrected chi connectivity index (χ0v) is 16.8. The Hall–Kier alpha value is -1.84. The van der Waals surface area contributed by atoms with Gasteiger partial charge in [-0.3, -0.25) is 9.59 Å². The summed E-state index contributed by atoms with van der Waals surface area (Å²) in [6, 6.07) is 10.4. The number of fused-ring (bicyclic) bond motifs is 1. The van der Waals surface area contributed by atoms with Gasteiger partial charge in [0.25, 0.3) is 0 Å². The topological polar surface area (TPSA) is 40.6 Å². The minimum atomic E-state index is 0.00384. The molecule has 1 aromatic carbocycles. The maximum absolute atomic E-state index is 13.5. The average Bonchev–Trinajstić information content (AvgIpc) is 2.91. The number of carbonyl (C=O) groups excluding carboxylic acids is 2. The maximum Gasteiger partial charge on any atom is 0.227 e. The monoisotopic (exact) mass is 380 g/mol. The van der Waals surface area contributed by atoms with Crippen LogP contribution in [-0.2, 0) is 16.0 Å². The first-order chi connectivity index (χ1) is 13.7. The summed E-state index contributed by atoms with van der Waals surface area (Å²) in [5.74, 6) is 2.95. The number of hydrogen-bond donors (Lipinski definition) is 0. The van der Waals surface area contributed by atoms with Crippen molar-refractivity contribution in [3.8, 4) is 0 Å². The molecule has 1 aromatic rings. The Bertz CT molecular complexity index is 719. The average molecular weight is 381 g/mol. The molecule has 4 bridgehead atoms. The van der Waals surface area contributed by atoms with Crippen molar-refractivity contribution < 1.29 is 9.59 Å². The van der Waals surface area contributed by atoms with E-state index >= 15 is 0 Å². The van der Waals surface area contributed by atoms with Gasteiger partial charge in [-0.15, -0.1) is 0 Å². The highest BCUT2D eigenvalue weighted by Gasteiger charge is 2.45. The third kappa shape index (κ3) is 3.58. The third-order valence-corrected chi connectivity index (χ3v) is 7.71. The standard InChI is InChI=1S/C24H32N2O2/c27-23(14-17-5-2-1-3-6-17)25-8-4-7-21(16-25)24(28)26-15-20-10-18-9-19(11-20)13-22(26)12-18/h1-3,5-6,18-22H,4,7-16H2/t18-,19+,20?,21-,22?/m0/s1. The quantitative estimate of drug-likeness (QED) is 0.805. The molecule has 2 saturated carbocycles. The minimum absolute atomic E-state index is 0.00384. The lowest BCUT2D eigenvalue weighted by Crippen LogP contribution is -2.50. The molecular weight excluding hydrogens is 348 g/mol. The normalized spacial score (nSPS) is 34.4. The lowest BCUT2D eigenvalue weighted by molar-refractivity contribution is -0.142. The second-order valence-corrected chi connectivity index (χ2v) is 9.76. The number of nitrogens with zero attached hydrogens (tertiary/aromatic N) is 2. The SMILES string of the molecule is O=C(Cc1ccccc1)N1CCC[C@H](C(=O)N2CC3C[C@@H]4CC2C[C@H](C3)C4)C1. The number of rotatable bonds is 3. The highest BCUT2D eigenvalue weighted by molar-refractivity contribution is 5.82. The largest absolute Gasteiger partial charge is 0.342 e. The van der Waals surface area contributed by atoms with Gasteiger partial charge >= 0.3 is 0 Å². The second kappa shape index (κ2) is 7.53. The summed E-state index contributed by atoms with van der Waals surface area (Å²) < 4.78 is 0. The van der Waals surface area contributed by atoms with Gasteiger partial charge in [0.1, 0.15) is 0 Å². The fraction of sp³-hybridized carbons (Fsp3) is 0.667. The lowest BCUT2D eigenvalue weighted by Gasteiger charge is -2.40. The van der Waals surface area contributed by atoms with Crippen molar-refractivity contribution in [2.45, 2.75) is 57.4 Å². The molecule has 2 amide bonds. The molecule has 6 rings (SSSR count). The molecule has 0 aromatic heterocycles. The molecule has 5 fully saturated rings. The van der Waals surface area contributed by atoms with Crippen LogP contribution in [-0.4, -0.2) is 47.3 Å². The van der Waals surface area contributed by atoms with Gasteiger partial charge < -0.3 is 9.80 Å². The Balaban J connectivity index is 1.25. The molecule has 28 heavy (non-hydrogen) atoms. The molecule has 4 nitrogen and oxygen atoms in total. The van der Waals surface area contributed by atoms with E-state index in [0.717, 1.165) is 49.2 Å². The van der Waals surface area contributed by atoms with Crippen LogP contribution in [0.2, 0.25) is 0 Å². The molecule has 0 N–H and O–H groups in total. The molecule has 3 saturated heterocycles. The van der Waals surface area contributed by atoms with Crippen LogP contribution in [0, 0.1) is 23.7 Å². The van der Waals surface area contributed by atoms with E-state index in [1.807, 2.05) is 35.2 Å². The molecule has 3 heterocycles. The predicted molar refractivity (Wildman–Crippen MR) is 109 cm³/mol. The Morgan fingerprint density at radius 2 is 1.61 bits per heavy atom. The van der Waals surface area contributed by atoms with Gasteiger partial charge in [-0.1, -0.05) is 30.3 Å². The Labute approximate surface area is 168 Å². The van der Waals surface area contributed by atoms with Crippen LogP contribution in [0.15, 0.2) is 30.3 Å². The number of benzene rings is 1. The Kier molecular flexibility index (Phi) is 4.90. The summed E-state index contributed by atoms with van der Waals surface area (Å²) >= 11 is 0. The summed E-state index contributed by atoms with van der Waals surface area (Å²) in [5.41, 5.74) is 1.06. The van der Waals surface area contributed by atoms with Crippen molar-refractivity contribution in [3.63, 3.8) is 0 Å². The van der Waals surface area contributed by atoms with Gasteiger partial charge in [-0.25, -0.2) is 0 Å². The van der Waals surface area contributed by atoms with Crippen molar-refractivity contribution >= 4 is 11.8 Å². The van der Waals surface area contributed by atoms with Crippen molar-refractivity contribution in [2.75, 3.05) is 19.6 Å². The maximum atomic E-state index is 13.5. The van der Waals surface area contributed by atoms with Gasteiger partial charge in [0.15, 0.2) is 0 Å². The lowest BCUT2D eigenvalue weighted by atomic mass is 9.68. The Morgan fingerprint density at radius 1 is 0.893 bits per heavy atom. The van der Waals surface area contributed by atoms with Crippen LogP contribution < -0.4 is 0 Å². The molecular formula is C24H32N2O2. The zero-order chi connectivity index (χ0) is 19.1. The van der Waals surface area contributed by atoms with Crippen molar-refractivity contribution in [3.05, 3.63) is 35.9 Å². The fourth-order valence-corrected chi connectivity index (χ4v) is 6.58. The summed E-state index contributed by atoms with van der Waals surface area (Å²) in [7, 11) is 0. The minimum Gasteiger partial charge on any atom is -0.342 e. The first-order valence-electron chi connectivity index (χ1n) is 11.3. The molecule has 5 atom stereocenters. The number of hydrogen-bond acceptors (Lipinski definition) is 2. The highest BCUT2D eigenvalue weighted by Crippen LogP contribution is 2.47. The van der Waals surface area contributed by atoms with Crippen LogP contribution in [0.5, 0.6) is 0 Å². The molecule has 2 aliphatic carbocycles. The molecule has 0 radical (unpaired) electrons. The summed E-state index contributed by atoms with van der Waals surface area (Å²) in [6.07, 6.45) is 8.86. The Morgan fingerprint density at radius 3 is 2.36 bits per heavy atom. The first kappa shape index (κ1) is 18.2.